The first kappa shape index (κ1) is 10.5. The second-order valence-corrected chi connectivity index (χ2v) is 4.61. The third-order valence-corrected chi connectivity index (χ3v) is 3.01. The third-order valence-electron chi connectivity index (χ3n) is 3.01. The highest BCUT2D eigenvalue weighted by atomic mass is 16.5. The smallest absolute Gasteiger partial charge is 0.0685 e. The maximum absolute atomic E-state index is 11.9. The fourth-order valence-electron chi connectivity index (χ4n) is 2.03. The highest BCUT2D eigenvalue weighted by Gasteiger charge is 2.54. The van der Waals surface area contributed by atoms with Crippen molar-refractivity contribution < 1.29 is 5.21 Å². The van der Waals surface area contributed by atoms with E-state index in [0.717, 1.165) is 10.6 Å². The van der Waals surface area contributed by atoms with E-state index in [1.165, 1.54) is 6.20 Å². The van der Waals surface area contributed by atoms with E-state index in [2.05, 4.69) is 0 Å². The van der Waals surface area contributed by atoms with Crippen LogP contribution < -0.4 is 11.5 Å². The van der Waals surface area contributed by atoms with Crippen molar-refractivity contribution in [1.82, 2.24) is 5.06 Å². The number of hydroxylamine groups is 2. The van der Waals surface area contributed by atoms with Crippen LogP contribution in [0.2, 0.25) is 0 Å². The van der Waals surface area contributed by atoms with Crippen molar-refractivity contribution in [2.24, 2.45) is 11.5 Å². The highest BCUT2D eigenvalue weighted by Crippen LogP contribution is 2.41. The van der Waals surface area contributed by atoms with Gasteiger partial charge in [0.05, 0.1) is 11.1 Å². The topological polar surface area (TPSA) is 75.2 Å². The van der Waals surface area contributed by atoms with Crippen molar-refractivity contribution in [3.63, 3.8) is 0 Å². The second-order valence-electron chi connectivity index (χ2n) is 4.61. The summed E-state index contributed by atoms with van der Waals surface area (Å²) >= 11 is 0. The Morgan fingerprint density at radius 3 is 2.00 bits per heavy atom. The van der Waals surface area contributed by atoms with Gasteiger partial charge in [-0.25, -0.2) is 0 Å². The van der Waals surface area contributed by atoms with Crippen LogP contribution in [-0.2, 0) is 5.21 Å². The zero-order valence-electron chi connectivity index (χ0n) is 8.66. The average molecular weight is 184 g/mol. The molecule has 0 bridgehead atoms. The lowest BCUT2D eigenvalue weighted by Crippen LogP contribution is -2.49. The van der Waals surface area contributed by atoms with Gasteiger partial charge >= 0.3 is 0 Å². The van der Waals surface area contributed by atoms with E-state index >= 15 is 0 Å². The highest BCUT2D eigenvalue weighted by molar-refractivity contribution is 5.32. The van der Waals surface area contributed by atoms with E-state index in [4.69, 9.17) is 11.5 Å². The van der Waals surface area contributed by atoms with E-state index in [-0.39, 0.29) is 6.04 Å². The minimum atomic E-state index is -0.586. The van der Waals surface area contributed by atoms with Crippen molar-refractivity contribution in [1.29, 1.82) is 0 Å². The molecule has 1 unspecified atom stereocenters. The second kappa shape index (κ2) is 2.70. The first-order valence-electron chi connectivity index (χ1n) is 4.41. The maximum atomic E-state index is 11.9. The average Bonchev–Trinajstić information content (AvgIpc) is 2.12. The maximum Gasteiger partial charge on any atom is 0.0685 e. The molecule has 4 heteroatoms. The molecule has 75 valence electrons. The van der Waals surface area contributed by atoms with Crippen molar-refractivity contribution >= 4 is 0 Å². The molecular formula is C9H18N3O. The molecule has 1 saturated heterocycles. The van der Waals surface area contributed by atoms with Crippen molar-refractivity contribution in [3.05, 3.63) is 11.8 Å². The lowest BCUT2D eigenvalue weighted by atomic mass is 9.90. The number of nitrogens with zero attached hydrogens (tertiary/aromatic N) is 1. The van der Waals surface area contributed by atoms with Gasteiger partial charge in [0.25, 0.3) is 0 Å². The Balaban J connectivity index is 3.20. The van der Waals surface area contributed by atoms with Crippen LogP contribution in [0.4, 0.5) is 0 Å². The Kier molecular flexibility index (Phi) is 2.18. The normalized spacial score (nSPS) is 35.5. The van der Waals surface area contributed by atoms with E-state index in [0.29, 0.717) is 0 Å². The van der Waals surface area contributed by atoms with Gasteiger partial charge in [0.2, 0.25) is 0 Å². The summed E-state index contributed by atoms with van der Waals surface area (Å²) in [4.78, 5) is 0. The lowest BCUT2D eigenvalue weighted by molar-refractivity contribution is -0.242. The molecule has 0 spiro atoms. The molecule has 1 fully saturated rings. The molecule has 0 aromatic heterocycles. The van der Waals surface area contributed by atoms with Crippen LogP contribution in [0.3, 0.4) is 0 Å². The van der Waals surface area contributed by atoms with Gasteiger partial charge in [-0.3, -0.25) is 0 Å². The Morgan fingerprint density at radius 2 is 1.85 bits per heavy atom. The van der Waals surface area contributed by atoms with Gasteiger partial charge in [-0.1, -0.05) is 0 Å². The van der Waals surface area contributed by atoms with E-state index < -0.39 is 11.1 Å². The molecule has 13 heavy (non-hydrogen) atoms. The summed E-state index contributed by atoms with van der Waals surface area (Å²) in [6.45, 7) is 7.35. The van der Waals surface area contributed by atoms with Gasteiger partial charge in [-0.05, 0) is 39.5 Å². The summed E-state index contributed by atoms with van der Waals surface area (Å²) in [7, 11) is 0. The fraction of sp³-hybridized carbons (Fsp3) is 0.778. The first-order valence-corrected chi connectivity index (χ1v) is 4.41. The Labute approximate surface area is 79.2 Å². The molecule has 1 aliphatic heterocycles. The Bertz CT molecular complexity index is 245. The van der Waals surface area contributed by atoms with Gasteiger partial charge in [-0.2, -0.15) is 0 Å². The zero-order valence-corrected chi connectivity index (χ0v) is 8.66. The molecule has 1 radical (unpaired) electrons. The van der Waals surface area contributed by atoms with E-state index in [1.807, 2.05) is 27.7 Å². The van der Waals surface area contributed by atoms with Crippen LogP contribution in [0.1, 0.15) is 27.7 Å². The van der Waals surface area contributed by atoms with Crippen LogP contribution in [-0.4, -0.2) is 22.2 Å². The minimum Gasteiger partial charge on any atom is -0.405 e. The van der Waals surface area contributed by atoms with Crippen molar-refractivity contribution in [2.75, 3.05) is 0 Å². The molecule has 0 aromatic rings. The van der Waals surface area contributed by atoms with Gasteiger partial charge in [0.1, 0.15) is 0 Å². The molecular weight excluding hydrogens is 166 g/mol. The summed E-state index contributed by atoms with van der Waals surface area (Å²) in [6, 6.07) is -0.287. The molecule has 1 rings (SSSR count). The predicted octanol–water partition coefficient (Wildman–Crippen LogP) is 0.375. The van der Waals surface area contributed by atoms with Crippen LogP contribution in [0.5, 0.6) is 0 Å². The zero-order chi connectivity index (χ0) is 10.4. The number of hydrogen-bond acceptors (Lipinski definition) is 3. The molecule has 4 nitrogen and oxygen atoms in total. The van der Waals surface area contributed by atoms with E-state index in [1.54, 1.807) is 0 Å². The van der Waals surface area contributed by atoms with Crippen LogP contribution >= 0.6 is 0 Å². The molecule has 4 N–H and O–H groups in total. The molecule has 0 aliphatic carbocycles. The summed E-state index contributed by atoms with van der Waals surface area (Å²) in [5.74, 6) is 0. The first-order chi connectivity index (χ1) is 5.76. The summed E-state index contributed by atoms with van der Waals surface area (Å²) < 4.78 is 0. The minimum absolute atomic E-state index is 0.287. The molecule has 0 amide bonds. The summed E-state index contributed by atoms with van der Waals surface area (Å²) in [6.07, 6.45) is 1.46. The van der Waals surface area contributed by atoms with Gasteiger partial charge in [0, 0.05) is 6.04 Å². The molecule has 0 saturated carbocycles. The Morgan fingerprint density at radius 1 is 1.38 bits per heavy atom. The number of rotatable bonds is 0. The van der Waals surface area contributed by atoms with Crippen LogP contribution in [0.15, 0.2) is 11.8 Å². The predicted molar refractivity (Wildman–Crippen MR) is 50.9 cm³/mol. The quantitative estimate of drug-likeness (QED) is 0.571. The monoisotopic (exact) mass is 184 g/mol. The fourth-order valence-corrected chi connectivity index (χ4v) is 2.03. The van der Waals surface area contributed by atoms with Crippen LogP contribution in [0.25, 0.3) is 0 Å². The largest absolute Gasteiger partial charge is 0.405 e. The lowest BCUT2D eigenvalue weighted by Gasteiger charge is -2.31. The number of hydrogen-bond donors (Lipinski definition) is 2. The standard InChI is InChI=1S/C9H18N3O/c1-8(2)6(5-10)7(11)9(3,4)12(8)13/h5,7H,10-11H2,1-4H3. The van der Waals surface area contributed by atoms with E-state index in [9.17, 15) is 5.21 Å². The third kappa shape index (κ3) is 1.17. The van der Waals surface area contributed by atoms with Gasteiger partial charge < -0.3 is 11.5 Å². The van der Waals surface area contributed by atoms with Crippen LogP contribution in [0, 0.1) is 0 Å². The SMILES string of the molecule is CC1(C)C(=CN)C(N)C(C)(C)N1[O]. The summed E-state index contributed by atoms with van der Waals surface area (Å²) in [5.41, 5.74) is 11.1. The van der Waals surface area contributed by atoms with Gasteiger partial charge in [0.15, 0.2) is 0 Å². The molecule has 1 heterocycles. The summed E-state index contributed by atoms with van der Waals surface area (Å²) in [5, 5.41) is 12.9. The number of nitrogens with two attached hydrogens (primary N) is 2. The van der Waals surface area contributed by atoms with Gasteiger partial charge in [-0.15, -0.1) is 10.3 Å². The molecule has 1 atom stereocenters. The molecule has 1 aliphatic rings. The van der Waals surface area contributed by atoms with Crippen molar-refractivity contribution in [2.45, 2.75) is 44.8 Å². The molecule has 0 aromatic carbocycles. The van der Waals surface area contributed by atoms with Crippen molar-refractivity contribution in [3.8, 4) is 0 Å². The Hall–Kier alpha value is -0.580.